The number of benzene rings is 2. The minimum absolute atomic E-state index is 0.109. The molecule has 0 amide bonds. The van der Waals surface area contributed by atoms with E-state index in [0.29, 0.717) is 5.75 Å². The van der Waals surface area contributed by atoms with Gasteiger partial charge in [0.1, 0.15) is 18.2 Å². The highest BCUT2D eigenvalue weighted by Gasteiger charge is 2.15. The van der Waals surface area contributed by atoms with Crippen molar-refractivity contribution in [3.05, 3.63) is 69.5 Å². The number of nitro groups is 1. The lowest BCUT2D eigenvalue weighted by Crippen LogP contribution is -2.01. The molecule has 1 N–H and O–H groups in total. The standard InChI is InChI=1S/C15H14FNO4/c1-10(18)11-2-5-14(6-3-11)21-9-12-8-13(16)4-7-15(12)17(19)20/h2-8,10,18H,9H2,1H3/t10-/m1/s1. The van der Waals surface area contributed by atoms with E-state index in [1.165, 1.54) is 0 Å². The summed E-state index contributed by atoms with van der Waals surface area (Å²) in [6.45, 7) is 1.54. The zero-order valence-corrected chi connectivity index (χ0v) is 11.3. The van der Waals surface area contributed by atoms with Crippen molar-refractivity contribution in [2.75, 3.05) is 0 Å². The SMILES string of the molecule is C[C@@H](O)c1ccc(OCc2cc(F)ccc2[N+](=O)[O-])cc1. The van der Waals surface area contributed by atoms with Gasteiger partial charge in [-0.1, -0.05) is 12.1 Å². The van der Waals surface area contributed by atoms with Crippen LogP contribution in [0.5, 0.6) is 5.75 Å². The second-order valence-electron chi connectivity index (χ2n) is 4.56. The number of rotatable bonds is 5. The maximum Gasteiger partial charge on any atom is 0.276 e. The molecule has 1 atom stereocenters. The summed E-state index contributed by atoms with van der Waals surface area (Å²) in [5.74, 6) is -0.0680. The van der Waals surface area contributed by atoms with Crippen molar-refractivity contribution in [2.45, 2.75) is 19.6 Å². The van der Waals surface area contributed by atoms with Crippen molar-refractivity contribution in [1.82, 2.24) is 0 Å². The molecule has 0 saturated heterocycles. The Morgan fingerprint density at radius 1 is 1.29 bits per heavy atom. The molecule has 0 aliphatic carbocycles. The molecule has 2 aromatic rings. The molecular formula is C15H14FNO4. The molecule has 6 heteroatoms. The second-order valence-corrected chi connectivity index (χ2v) is 4.56. The lowest BCUT2D eigenvalue weighted by atomic mass is 10.1. The van der Waals surface area contributed by atoms with E-state index in [1.807, 2.05) is 0 Å². The maximum absolute atomic E-state index is 13.2. The van der Waals surface area contributed by atoms with Gasteiger partial charge >= 0.3 is 0 Å². The van der Waals surface area contributed by atoms with Crippen molar-refractivity contribution in [2.24, 2.45) is 0 Å². The third-order valence-electron chi connectivity index (χ3n) is 3.00. The quantitative estimate of drug-likeness (QED) is 0.677. The van der Waals surface area contributed by atoms with E-state index in [2.05, 4.69) is 0 Å². The molecule has 0 spiro atoms. The number of aliphatic hydroxyl groups is 1. The first kappa shape index (κ1) is 14.9. The van der Waals surface area contributed by atoms with Crippen LogP contribution in [0.2, 0.25) is 0 Å². The van der Waals surface area contributed by atoms with Gasteiger partial charge in [-0.25, -0.2) is 4.39 Å². The number of halogens is 1. The zero-order chi connectivity index (χ0) is 15.4. The average Bonchev–Trinajstić information content (AvgIpc) is 2.45. The van der Waals surface area contributed by atoms with Gasteiger partial charge in [0.2, 0.25) is 0 Å². The Hall–Kier alpha value is -2.47. The van der Waals surface area contributed by atoms with Gasteiger partial charge in [-0.15, -0.1) is 0 Å². The van der Waals surface area contributed by atoms with E-state index < -0.39 is 16.8 Å². The molecule has 5 nitrogen and oxygen atoms in total. The lowest BCUT2D eigenvalue weighted by molar-refractivity contribution is -0.385. The van der Waals surface area contributed by atoms with Crippen LogP contribution in [0.3, 0.4) is 0 Å². The molecule has 0 aliphatic rings. The zero-order valence-electron chi connectivity index (χ0n) is 11.3. The molecule has 0 aromatic heterocycles. The van der Waals surface area contributed by atoms with Crippen LogP contribution in [-0.4, -0.2) is 10.0 Å². The average molecular weight is 291 g/mol. The Morgan fingerprint density at radius 3 is 2.52 bits per heavy atom. The van der Waals surface area contributed by atoms with E-state index in [9.17, 15) is 19.6 Å². The first-order chi connectivity index (χ1) is 9.97. The van der Waals surface area contributed by atoms with Crippen molar-refractivity contribution < 1.29 is 19.2 Å². The van der Waals surface area contributed by atoms with Crippen molar-refractivity contribution in [1.29, 1.82) is 0 Å². The molecule has 110 valence electrons. The third kappa shape index (κ3) is 3.76. The molecule has 0 unspecified atom stereocenters. The number of aliphatic hydroxyl groups excluding tert-OH is 1. The van der Waals surface area contributed by atoms with Gasteiger partial charge in [0.05, 0.1) is 16.6 Å². The van der Waals surface area contributed by atoms with Gasteiger partial charge in [-0.2, -0.15) is 0 Å². The molecule has 0 saturated carbocycles. The fourth-order valence-electron chi connectivity index (χ4n) is 1.85. The Balaban J connectivity index is 2.12. The first-order valence-electron chi connectivity index (χ1n) is 6.31. The fraction of sp³-hybridized carbons (Fsp3) is 0.200. The monoisotopic (exact) mass is 291 g/mol. The highest BCUT2D eigenvalue weighted by Crippen LogP contribution is 2.23. The Labute approximate surface area is 120 Å². The first-order valence-corrected chi connectivity index (χ1v) is 6.31. The second kappa shape index (κ2) is 6.32. The predicted octanol–water partition coefficient (Wildman–Crippen LogP) is 3.37. The van der Waals surface area contributed by atoms with Crippen LogP contribution in [0, 0.1) is 15.9 Å². The van der Waals surface area contributed by atoms with Gasteiger partial charge in [-0.05, 0) is 36.8 Å². The summed E-state index contributed by atoms with van der Waals surface area (Å²) in [4.78, 5) is 10.3. The third-order valence-corrected chi connectivity index (χ3v) is 3.00. The van der Waals surface area contributed by atoms with E-state index in [4.69, 9.17) is 4.74 Å². The van der Waals surface area contributed by atoms with Gasteiger partial charge in [0.15, 0.2) is 0 Å². The van der Waals surface area contributed by atoms with Crippen LogP contribution in [0.15, 0.2) is 42.5 Å². The summed E-state index contributed by atoms with van der Waals surface area (Å²) in [5.41, 5.74) is 0.718. The number of nitro benzene ring substituents is 1. The fourth-order valence-corrected chi connectivity index (χ4v) is 1.85. The Bertz CT molecular complexity index is 641. The van der Waals surface area contributed by atoms with E-state index in [1.54, 1.807) is 31.2 Å². The predicted molar refractivity (Wildman–Crippen MR) is 74.5 cm³/mol. The lowest BCUT2D eigenvalue weighted by Gasteiger charge is -2.09. The van der Waals surface area contributed by atoms with Gasteiger partial charge < -0.3 is 9.84 Å². The number of hydrogen-bond donors (Lipinski definition) is 1. The van der Waals surface area contributed by atoms with Crippen molar-refractivity contribution >= 4 is 5.69 Å². The Morgan fingerprint density at radius 2 is 1.95 bits per heavy atom. The number of ether oxygens (including phenoxy) is 1. The minimum Gasteiger partial charge on any atom is -0.489 e. The molecule has 0 bridgehead atoms. The molecule has 0 radical (unpaired) electrons. The van der Waals surface area contributed by atoms with Crippen LogP contribution in [0.1, 0.15) is 24.2 Å². The minimum atomic E-state index is -0.580. The summed E-state index contributed by atoms with van der Waals surface area (Å²) in [6.07, 6.45) is -0.580. The topological polar surface area (TPSA) is 72.6 Å². The van der Waals surface area contributed by atoms with Crippen molar-refractivity contribution in [3.8, 4) is 5.75 Å². The molecule has 21 heavy (non-hydrogen) atoms. The molecular weight excluding hydrogens is 277 g/mol. The molecule has 0 aliphatic heterocycles. The molecule has 0 fully saturated rings. The number of hydrogen-bond acceptors (Lipinski definition) is 4. The summed E-state index contributed by atoms with van der Waals surface area (Å²) in [6, 6.07) is 9.92. The van der Waals surface area contributed by atoms with Gasteiger partial charge in [-0.3, -0.25) is 10.1 Å². The van der Waals surface area contributed by atoms with Crippen LogP contribution >= 0.6 is 0 Å². The summed E-state index contributed by atoms with van der Waals surface area (Å²) >= 11 is 0. The smallest absolute Gasteiger partial charge is 0.276 e. The summed E-state index contributed by atoms with van der Waals surface area (Å²) in [7, 11) is 0. The van der Waals surface area contributed by atoms with Gasteiger partial charge in [0, 0.05) is 6.07 Å². The molecule has 2 aromatic carbocycles. The Kier molecular flexibility index (Phi) is 4.49. The van der Waals surface area contributed by atoms with Crippen LogP contribution in [-0.2, 0) is 6.61 Å². The maximum atomic E-state index is 13.2. The highest BCUT2D eigenvalue weighted by molar-refractivity contribution is 5.40. The normalized spacial score (nSPS) is 12.0. The van der Waals surface area contributed by atoms with E-state index in [-0.39, 0.29) is 17.9 Å². The summed E-state index contributed by atoms with van der Waals surface area (Å²) in [5, 5.41) is 20.3. The van der Waals surface area contributed by atoms with Crippen LogP contribution in [0.4, 0.5) is 10.1 Å². The van der Waals surface area contributed by atoms with Crippen molar-refractivity contribution in [3.63, 3.8) is 0 Å². The largest absolute Gasteiger partial charge is 0.489 e. The molecule has 2 rings (SSSR count). The summed E-state index contributed by atoms with van der Waals surface area (Å²) < 4.78 is 18.6. The number of nitrogens with zero attached hydrogens (tertiary/aromatic N) is 1. The van der Waals surface area contributed by atoms with Gasteiger partial charge in [0.25, 0.3) is 5.69 Å². The van der Waals surface area contributed by atoms with Crippen LogP contribution in [0.25, 0.3) is 0 Å². The molecule has 0 heterocycles. The highest BCUT2D eigenvalue weighted by atomic mass is 19.1. The van der Waals surface area contributed by atoms with Crippen LogP contribution < -0.4 is 4.74 Å². The van der Waals surface area contributed by atoms with E-state index >= 15 is 0 Å². The van der Waals surface area contributed by atoms with E-state index in [0.717, 1.165) is 23.8 Å².